The van der Waals surface area contributed by atoms with Crippen LogP contribution in [0.5, 0.6) is 0 Å². The van der Waals surface area contributed by atoms with Gasteiger partial charge in [0.1, 0.15) is 11.3 Å². The summed E-state index contributed by atoms with van der Waals surface area (Å²) < 4.78 is 7.55. The molecule has 1 fully saturated rings. The summed E-state index contributed by atoms with van der Waals surface area (Å²) in [6.07, 6.45) is 4.42. The Hall–Kier alpha value is -3.61. The zero-order valence-corrected chi connectivity index (χ0v) is 18.0. The van der Waals surface area contributed by atoms with Crippen LogP contribution in [0.1, 0.15) is 41.6 Å². The molecule has 1 N–H and O–H groups in total. The van der Waals surface area contributed by atoms with Crippen LogP contribution in [0.25, 0.3) is 0 Å². The molecule has 1 aliphatic heterocycles. The number of aryl methyl sites for hydroxylation is 2. The molecule has 0 radical (unpaired) electrons. The normalized spacial score (nSPS) is 18.9. The van der Waals surface area contributed by atoms with Crippen LogP contribution in [0.4, 0.5) is 4.79 Å². The van der Waals surface area contributed by atoms with Crippen LogP contribution in [0.15, 0.2) is 64.3 Å². The topological polar surface area (TPSA) is 79.8 Å². The fourth-order valence-corrected chi connectivity index (χ4v) is 3.86. The van der Waals surface area contributed by atoms with E-state index in [4.69, 9.17) is 4.42 Å². The summed E-state index contributed by atoms with van der Waals surface area (Å²) in [5, 5.41) is 7.97. The maximum Gasteiger partial charge on any atom is 0.346 e. The number of imide groups is 1. The molecule has 3 amide bonds. The second-order valence-electron chi connectivity index (χ2n) is 8.10. The predicted molar refractivity (Wildman–Crippen MR) is 118 cm³/mol. The van der Waals surface area contributed by atoms with Gasteiger partial charge in [0.2, 0.25) is 0 Å². The van der Waals surface area contributed by atoms with Gasteiger partial charge in [-0.1, -0.05) is 30.3 Å². The Morgan fingerprint density at radius 1 is 1.13 bits per heavy atom. The minimum atomic E-state index is -0.972. The first-order valence-electron chi connectivity index (χ1n) is 10.3. The molecule has 160 valence electrons. The Labute approximate surface area is 181 Å². The lowest BCUT2D eigenvalue weighted by Gasteiger charge is -2.20. The molecule has 1 aromatic carbocycles. The third kappa shape index (κ3) is 4.17. The highest BCUT2D eigenvalue weighted by atomic mass is 16.3. The lowest BCUT2D eigenvalue weighted by molar-refractivity contribution is -0.130. The lowest BCUT2D eigenvalue weighted by Crippen LogP contribution is -2.44. The van der Waals surface area contributed by atoms with E-state index in [-0.39, 0.29) is 5.91 Å². The minimum absolute atomic E-state index is 0.339. The van der Waals surface area contributed by atoms with E-state index in [1.54, 1.807) is 19.4 Å². The van der Waals surface area contributed by atoms with Crippen LogP contribution in [0.2, 0.25) is 0 Å². The van der Waals surface area contributed by atoms with Crippen molar-refractivity contribution in [1.29, 1.82) is 0 Å². The molecule has 1 aliphatic rings. The molecule has 31 heavy (non-hydrogen) atoms. The Balaban J connectivity index is 1.48. The average molecular weight is 418 g/mol. The van der Waals surface area contributed by atoms with E-state index in [0.29, 0.717) is 19.4 Å². The number of benzene rings is 1. The molecule has 4 rings (SSSR count). The van der Waals surface area contributed by atoms with Gasteiger partial charge in [-0.2, -0.15) is 5.10 Å². The van der Waals surface area contributed by atoms with Crippen molar-refractivity contribution >= 4 is 18.2 Å². The van der Waals surface area contributed by atoms with Gasteiger partial charge in [-0.25, -0.2) is 4.79 Å². The Morgan fingerprint density at radius 2 is 1.90 bits per heavy atom. The molecular weight excluding hydrogens is 392 g/mol. The highest BCUT2D eigenvalue weighted by molar-refractivity contribution is 6.07. The number of aromatic nitrogens is 1. The molecule has 3 heterocycles. The van der Waals surface area contributed by atoms with Crippen LogP contribution < -0.4 is 5.32 Å². The monoisotopic (exact) mass is 418 g/mol. The predicted octanol–water partition coefficient (Wildman–Crippen LogP) is 4.02. The van der Waals surface area contributed by atoms with Gasteiger partial charge >= 0.3 is 6.03 Å². The van der Waals surface area contributed by atoms with Gasteiger partial charge in [-0.3, -0.25) is 4.79 Å². The second-order valence-corrected chi connectivity index (χ2v) is 8.10. The third-order valence-corrected chi connectivity index (χ3v) is 5.82. The van der Waals surface area contributed by atoms with Gasteiger partial charge in [0.05, 0.1) is 19.0 Å². The van der Waals surface area contributed by atoms with Crippen molar-refractivity contribution < 1.29 is 14.0 Å². The van der Waals surface area contributed by atoms with Crippen LogP contribution in [-0.2, 0) is 17.8 Å². The van der Waals surface area contributed by atoms with Crippen molar-refractivity contribution in [1.82, 2.24) is 14.9 Å². The molecule has 0 bridgehead atoms. The zero-order chi connectivity index (χ0) is 22.0. The number of hydrazone groups is 1. The molecule has 3 aromatic rings. The largest absolute Gasteiger partial charge is 0.467 e. The number of rotatable bonds is 7. The maximum absolute atomic E-state index is 13.0. The molecule has 2 aromatic heterocycles. The van der Waals surface area contributed by atoms with Gasteiger partial charge in [0.15, 0.2) is 0 Å². The van der Waals surface area contributed by atoms with Crippen molar-refractivity contribution in [2.75, 3.05) is 0 Å². The Morgan fingerprint density at radius 3 is 2.61 bits per heavy atom. The van der Waals surface area contributed by atoms with E-state index in [1.165, 1.54) is 0 Å². The first-order valence-corrected chi connectivity index (χ1v) is 10.3. The van der Waals surface area contributed by atoms with Crippen molar-refractivity contribution in [3.63, 3.8) is 0 Å². The molecule has 1 atom stereocenters. The first-order chi connectivity index (χ1) is 14.9. The van der Waals surface area contributed by atoms with E-state index in [1.807, 2.05) is 62.4 Å². The van der Waals surface area contributed by atoms with Crippen molar-refractivity contribution in [3.05, 3.63) is 83.1 Å². The number of nitrogens with one attached hydrogen (secondary N) is 1. The number of urea groups is 1. The summed E-state index contributed by atoms with van der Waals surface area (Å²) in [6.45, 7) is 6.34. The number of carbonyl (C=O) groups excluding carboxylic acids is 2. The summed E-state index contributed by atoms with van der Waals surface area (Å²) in [4.78, 5) is 25.4. The molecule has 7 heteroatoms. The van der Waals surface area contributed by atoms with Crippen molar-refractivity contribution in [2.45, 2.75) is 45.7 Å². The summed E-state index contributed by atoms with van der Waals surface area (Å²) >= 11 is 0. The van der Waals surface area contributed by atoms with E-state index in [0.717, 1.165) is 33.3 Å². The standard InChI is InChI=1S/C24H26N4O3/c1-17-14-20(18(2)27(17)16-21-10-7-13-31-21)15-25-28-22(29)24(3,26-23(28)30)12-11-19-8-5-4-6-9-19/h4-10,13-15H,11-12,16H2,1-3H3,(H,26,30)/b25-15-/t24-/m1/s1. The molecule has 0 aliphatic carbocycles. The molecule has 7 nitrogen and oxygen atoms in total. The summed E-state index contributed by atoms with van der Waals surface area (Å²) in [5.41, 5.74) is 3.02. The van der Waals surface area contributed by atoms with Crippen LogP contribution >= 0.6 is 0 Å². The summed E-state index contributed by atoms with van der Waals surface area (Å²) in [6, 6.07) is 15.2. The fourth-order valence-electron chi connectivity index (χ4n) is 3.86. The van der Waals surface area contributed by atoms with Crippen molar-refractivity contribution in [3.8, 4) is 0 Å². The molecular formula is C24H26N4O3. The quantitative estimate of drug-likeness (QED) is 0.465. The summed E-state index contributed by atoms with van der Waals surface area (Å²) in [5.74, 6) is 0.516. The number of hydrogen-bond acceptors (Lipinski definition) is 4. The van der Waals surface area contributed by atoms with Gasteiger partial charge in [-0.05, 0) is 57.4 Å². The number of carbonyl (C=O) groups is 2. The van der Waals surface area contributed by atoms with Gasteiger partial charge in [0, 0.05) is 17.0 Å². The maximum atomic E-state index is 13.0. The van der Waals surface area contributed by atoms with Gasteiger partial charge in [-0.15, -0.1) is 5.01 Å². The van der Waals surface area contributed by atoms with E-state index in [9.17, 15) is 9.59 Å². The third-order valence-electron chi connectivity index (χ3n) is 5.82. The van der Waals surface area contributed by atoms with E-state index < -0.39 is 11.6 Å². The highest BCUT2D eigenvalue weighted by Gasteiger charge is 2.47. The lowest BCUT2D eigenvalue weighted by atomic mass is 9.93. The van der Waals surface area contributed by atoms with E-state index in [2.05, 4.69) is 15.0 Å². The molecule has 0 spiro atoms. The summed E-state index contributed by atoms with van der Waals surface area (Å²) in [7, 11) is 0. The number of amides is 3. The van der Waals surface area contributed by atoms with Gasteiger partial charge in [0.25, 0.3) is 5.91 Å². The van der Waals surface area contributed by atoms with Crippen LogP contribution in [0.3, 0.4) is 0 Å². The first kappa shape index (κ1) is 20.7. The Kier molecular flexibility index (Phi) is 5.50. The van der Waals surface area contributed by atoms with Gasteiger partial charge < -0.3 is 14.3 Å². The number of hydrogen-bond donors (Lipinski definition) is 1. The fraction of sp³-hybridized carbons (Fsp3) is 0.292. The van der Waals surface area contributed by atoms with Crippen molar-refractivity contribution in [2.24, 2.45) is 5.10 Å². The minimum Gasteiger partial charge on any atom is -0.467 e. The molecule has 0 saturated carbocycles. The smallest absolute Gasteiger partial charge is 0.346 e. The molecule has 1 saturated heterocycles. The average Bonchev–Trinajstić information content (AvgIpc) is 3.42. The SMILES string of the molecule is Cc1cc(/C=N\N2C(=O)N[C@](C)(CCc3ccccc3)C2=O)c(C)n1Cc1ccco1. The van der Waals surface area contributed by atoms with E-state index >= 15 is 0 Å². The second kappa shape index (κ2) is 8.26. The number of nitrogens with zero attached hydrogens (tertiary/aromatic N) is 3. The zero-order valence-electron chi connectivity index (χ0n) is 18.0. The molecule has 0 unspecified atom stereocenters. The Bertz CT molecular complexity index is 1120. The van der Waals surface area contributed by atoms with Crippen LogP contribution in [0, 0.1) is 13.8 Å². The number of furan rings is 1. The highest BCUT2D eigenvalue weighted by Crippen LogP contribution is 2.24. The van der Waals surface area contributed by atoms with Crippen LogP contribution in [-0.4, -0.2) is 33.3 Å².